The molecule has 0 saturated carbocycles. The van der Waals surface area contributed by atoms with Crippen molar-refractivity contribution in [3.05, 3.63) is 17.0 Å². The molecular formula is C12H20N4O. The molecule has 1 aromatic heterocycles. The van der Waals surface area contributed by atoms with Crippen molar-refractivity contribution >= 4 is 0 Å². The number of nitrogens with zero attached hydrogens (tertiary/aromatic N) is 2. The molecule has 0 amide bonds. The van der Waals surface area contributed by atoms with Gasteiger partial charge in [-0.1, -0.05) is 0 Å². The normalized spacial score (nSPS) is 21.5. The molecule has 0 aromatic carbocycles. The molecule has 0 aliphatic carbocycles. The summed E-state index contributed by atoms with van der Waals surface area (Å²) in [5, 5.41) is 8.13. The van der Waals surface area contributed by atoms with Gasteiger partial charge in [0.25, 0.3) is 0 Å². The molecule has 3 heterocycles. The van der Waals surface area contributed by atoms with Gasteiger partial charge in [-0.15, -0.1) is 0 Å². The van der Waals surface area contributed by atoms with Crippen LogP contribution in [0.25, 0.3) is 0 Å². The molecule has 2 aliphatic heterocycles. The third kappa shape index (κ3) is 1.99. The van der Waals surface area contributed by atoms with Crippen LogP contribution in [0.3, 0.4) is 0 Å². The van der Waals surface area contributed by atoms with Crippen molar-refractivity contribution in [3.8, 4) is 0 Å². The highest BCUT2D eigenvalue weighted by atomic mass is 16.5. The monoisotopic (exact) mass is 236 g/mol. The molecule has 5 nitrogen and oxygen atoms in total. The number of nitrogens with one attached hydrogen (secondary N) is 1. The van der Waals surface area contributed by atoms with Gasteiger partial charge < -0.3 is 15.8 Å². The fourth-order valence-electron chi connectivity index (χ4n) is 2.85. The smallest absolute Gasteiger partial charge is 0.0798 e. The molecule has 3 N–H and O–H groups in total. The molecule has 1 aromatic rings. The van der Waals surface area contributed by atoms with Gasteiger partial charge in [0.1, 0.15) is 0 Å². The summed E-state index contributed by atoms with van der Waals surface area (Å²) < 4.78 is 7.59. The lowest BCUT2D eigenvalue weighted by molar-refractivity contribution is 0.0653. The van der Waals surface area contributed by atoms with Gasteiger partial charge in [0.05, 0.1) is 17.4 Å². The van der Waals surface area contributed by atoms with Crippen molar-refractivity contribution in [2.45, 2.75) is 38.4 Å². The van der Waals surface area contributed by atoms with E-state index < -0.39 is 0 Å². The Balaban J connectivity index is 1.94. The number of hydrogen-bond donors (Lipinski definition) is 2. The third-order valence-corrected chi connectivity index (χ3v) is 3.78. The minimum atomic E-state index is 0.480. The molecule has 1 saturated heterocycles. The lowest BCUT2D eigenvalue weighted by atomic mass is 10.0. The first-order valence-corrected chi connectivity index (χ1v) is 6.48. The van der Waals surface area contributed by atoms with E-state index in [1.165, 1.54) is 17.0 Å². The first-order chi connectivity index (χ1) is 8.40. The van der Waals surface area contributed by atoms with Crippen LogP contribution in [0.4, 0.5) is 0 Å². The second-order valence-corrected chi connectivity index (χ2v) is 4.79. The maximum atomic E-state index is 5.91. The van der Waals surface area contributed by atoms with Crippen LogP contribution in [0.5, 0.6) is 0 Å². The first kappa shape index (κ1) is 11.2. The zero-order chi connectivity index (χ0) is 11.7. The van der Waals surface area contributed by atoms with Gasteiger partial charge in [-0.2, -0.15) is 5.10 Å². The fraction of sp³-hybridized carbons (Fsp3) is 0.750. The SMILES string of the molecule is NCc1c2c(nn1C1CCOCC1)CNCC2. The Labute approximate surface area is 101 Å². The molecule has 2 aliphatic rings. The average Bonchev–Trinajstić information content (AvgIpc) is 2.78. The number of aromatic nitrogens is 2. The van der Waals surface area contributed by atoms with Gasteiger partial charge in [0.2, 0.25) is 0 Å². The fourth-order valence-corrected chi connectivity index (χ4v) is 2.85. The summed E-state index contributed by atoms with van der Waals surface area (Å²) in [5.41, 5.74) is 9.74. The summed E-state index contributed by atoms with van der Waals surface area (Å²) in [6.07, 6.45) is 3.17. The van der Waals surface area contributed by atoms with Crippen molar-refractivity contribution in [1.82, 2.24) is 15.1 Å². The van der Waals surface area contributed by atoms with Crippen LogP contribution in [0.15, 0.2) is 0 Å². The van der Waals surface area contributed by atoms with Crippen LogP contribution in [0, 0.1) is 0 Å². The Morgan fingerprint density at radius 2 is 2.24 bits per heavy atom. The maximum absolute atomic E-state index is 5.91. The van der Waals surface area contributed by atoms with Crippen LogP contribution < -0.4 is 11.1 Å². The lowest BCUT2D eigenvalue weighted by Crippen LogP contribution is -2.24. The highest BCUT2D eigenvalue weighted by Crippen LogP contribution is 2.26. The Morgan fingerprint density at radius 1 is 1.41 bits per heavy atom. The highest BCUT2D eigenvalue weighted by molar-refractivity contribution is 5.29. The standard InChI is InChI=1S/C12H20N4O/c13-7-12-10-1-4-14-8-11(10)15-16(12)9-2-5-17-6-3-9/h9,14H,1-8,13H2. The Kier molecular flexibility index (Phi) is 3.13. The summed E-state index contributed by atoms with van der Waals surface area (Å²) >= 11 is 0. The van der Waals surface area contributed by atoms with E-state index in [4.69, 9.17) is 15.6 Å². The van der Waals surface area contributed by atoms with Crippen LogP contribution >= 0.6 is 0 Å². The largest absolute Gasteiger partial charge is 0.381 e. The van der Waals surface area contributed by atoms with Gasteiger partial charge in [-0.3, -0.25) is 4.68 Å². The van der Waals surface area contributed by atoms with Gasteiger partial charge >= 0.3 is 0 Å². The van der Waals surface area contributed by atoms with Crippen molar-refractivity contribution in [3.63, 3.8) is 0 Å². The van der Waals surface area contributed by atoms with Crippen molar-refractivity contribution in [2.24, 2.45) is 5.73 Å². The van der Waals surface area contributed by atoms with E-state index in [0.717, 1.165) is 45.6 Å². The molecule has 0 atom stereocenters. The average molecular weight is 236 g/mol. The second kappa shape index (κ2) is 4.76. The number of nitrogens with two attached hydrogens (primary N) is 1. The number of ether oxygens (including phenoxy) is 1. The van der Waals surface area contributed by atoms with Crippen molar-refractivity contribution in [1.29, 1.82) is 0 Å². The van der Waals surface area contributed by atoms with E-state index in [1.807, 2.05) is 0 Å². The lowest BCUT2D eigenvalue weighted by Gasteiger charge is -2.24. The van der Waals surface area contributed by atoms with Crippen LogP contribution in [-0.2, 0) is 24.2 Å². The molecule has 1 fully saturated rings. The quantitative estimate of drug-likeness (QED) is 0.777. The molecule has 0 radical (unpaired) electrons. The topological polar surface area (TPSA) is 65.1 Å². The van der Waals surface area contributed by atoms with Crippen LogP contribution in [0.2, 0.25) is 0 Å². The Bertz CT molecular complexity index is 395. The molecule has 0 bridgehead atoms. The van der Waals surface area contributed by atoms with Crippen molar-refractivity contribution in [2.75, 3.05) is 19.8 Å². The molecule has 94 valence electrons. The summed E-state index contributed by atoms with van der Waals surface area (Å²) in [7, 11) is 0. The predicted molar refractivity (Wildman–Crippen MR) is 64.6 cm³/mol. The van der Waals surface area contributed by atoms with Gasteiger partial charge in [-0.05, 0) is 25.8 Å². The first-order valence-electron chi connectivity index (χ1n) is 6.48. The molecule has 0 unspecified atom stereocenters. The highest BCUT2D eigenvalue weighted by Gasteiger charge is 2.24. The van der Waals surface area contributed by atoms with E-state index >= 15 is 0 Å². The van der Waals surface area contributed by atoms with Crippen molar-refractivity contribution < 1.29 is 4.74 Å². The van der Waals surface area contributed by atoms with E-state index in [1.54, 1.807) is 0 Å². The van der Waals surface area contributed by atoms with E-state index in [-0.39, 0.29) is 0 Å². The maximum Gasteiger partial charge on any atom is 0.0798 e. The summed E-state index contributed by atoms with van der Waals surface area (Å²) in [4.78, 5) is 0. The second-order valence-electron chi connectivity index (χ2n) is 4.79. The summed E-state index contributed by atoms with van der Waals surface area (Å²) in [5.74, 6) is 0. The minimum Gasteiger partial charge on any atom is -0.381 e. The van der Waals surface area contributed by atoms with Gasteiger partial charge in [-0.25, -0.2) is 0 Å². The van der Waals surface area contributed by atoms with E-state index in [0.29, 0.717) is 12.6 Å². The molecule has 3 rings (SSSR count). The van der Waals surface area contributed by atoms with E-state index in [2.05, 4.69) is 10.00 Å². The Morgan fingerprint density at radius 3 is 3.00 bits per heavy atom. The molecular weight excluding hydrogens is 216 g/mol. The zero-order valence-corrected chi connectivity index (χ0v) is 10.1. The number of hydrogen-bond acceptors (Lipinski definition) is 4. The van der Waals surface area contributed by atoms with Crippen LogP contribution in [0.1, 0.15) is 35.8 Å². The number of fused-ring (bicyclic) bond motifs is 1. The van der Waals surface area contributed by atoms with Gasteiger partial charge in [0.15, 0.2) is 0 Å². The molecule has 5 heteroatoms. The Hall–Kier alpha value is -0.910. The predicted octanol–water partition coefficient (Wildman–Crippen LogP) is 0.339. The molecule has 17 heavy (non-hydrogen) atoms. The van der Waals surface area contributed by atoms with Gasteiger partial charge in [0, 0.05) is 31.9 Å². The molecule has 0 spiro atoms. The van der Waals surface area contributed by atoms with Crippen LogP contribution in [-0.4, -0.2) is 29.5 Å². The summed E-state index contributed by atoms with van der Waals surface area (Å²) in [6.45, 7) is 4.21. The third-order valence-electron chi connectivity index (χ3n) is 3.78. The minimum absolute atomic E-state index is 0.480. The zero-order valence-electron chi connectivity index (χ0n) is 10.1. The number of rotatable bonds is 2. The summed E-state index contributed by atoms with van der Waals surface area (Å²) in [6, 6.07) is 0.480. The van der Waals surface area contributed by atoms with E-state index in [9.17, 15) is 0 Å².